The van der Waals surface area contributed by atoms with Gasteiger partial charge >= 0.3 is 0 Å². The van der Waals surface area contributed by atoms with Crippen LogP contribution in [0.2, 0.25) is 5.02 Å². The number of methoxy groups -OCH3 is 1. The normalized spacial score (nSPS) is 11.5. The van der Waals surface area contributed by atoms with Gasteiger partial charge in [0.25, 0.3) is 11.8 Å². The minimum absolute atomic E-state index is 0.111. The highest BCUT2D eigenvalue weighted by molar-refractivity contribution is 6.31. The van der Waals surface area contributed by atoms with Crippen LogP contribution in [0.4, 0.5) is 5.69 Å². The van der Waals surface area contributed by atoms with Crippen molar-refractivity contribution in [2.24, 2.45) is 5.73 Å². The lowest BCUT2D eigenvalue weighted by Gasteiger charge is -2.17. The Labute approximate surface area is 144 Å². The van der Waals surface area contributed by atoms with Gasteiger partial charge in [0, 0.05) is 5.02 Å². The maximum absolute atomic E-state index is 12.3. The number of nitrogens with two attached hydrogens (primary N) is 1. The van der Waals surface area contributed by atoms with E-state index in [4.69, 9.17) is 26.8 Å². The van der Waals surface area contributed by atoms with Gasteiger partial charge in [0.2, 0.25) is 0 Å². The number of ether oxygens (including phenoxy) is 2. The molecule has 0 saturated carbocycles. The topological polar surface area (TPSA) is 90.7 Å². The summed E-state index contributed by atoms with van der Waals surface area (Å²) in [6.45, 7) is 1.56. The molecule has 6 nitrogen and oxygen atoms in total. The first-order chi connectivity index (χ1) is 11.4. The zero-order valence-corrected chi connectivity index (χ0v) is 14.0. The number of amides is 2. The summed E-state index contributed by atoms with van der Waals surface area (Å²) in [5.41, 5.74) is 5.93. The van der Waals surface area contributed by atoms with Crippen molar-refractivity contribution in [2.75, 3.05) is 12.4 Å². The average Bonchev–Trinajstić information content (AvgIpc) is 2.56. The van der Waals surface area contributed by atoms with Gasteiger partial charge in [-0.2, -0.15) is 0 Å². The molecular formula is C17H17ClN2O4. The summed E-state index contributed by atoms with van der Waals surface area (Å²) in [4.78, 5) is 23.8. The van der Waals surface area contributed by atoms with E-state index in [0.29, 0.717) is 16.5 Å². The summed E-state index contributed by atoms with van der Waals surface area (Å²) in [5.74, 6) is -0.369. The van der Waals surface area contributed by atoms with Gasteiger partial charge in [0.05, 0.1) is 18.4 Å². The molecule has 2 rings (SSSR count). The fourth-order valence-electron chi connectivity index (χ4n) is 2.02. The number of nitrogens with one attached hydrogen (secondary N) is 1. The molecule has 0 spiro atoms. The second kappa shape index (κ2) is 7.70. The summed E-state index contributed by atoms with van der Waals surface area (Å²) >= 11 is 5.84. The fraction of sp³-hybridized carbons (Fsp3) is 0.176. The first-order valence-corrected chi connectivity index (χ1v) is 7.50. The molecule has 126 valence electrons. The summed E-state index contributed by atoms with van der Waals surface area (Å²) in [7, 11) is 1.51. The third kappa shape index (κ3) is 4.17. The van der Waals surface area contributed by atoms with Crippen LogP contribution in [-0.2, 0) is 4.79 Å². The molecule has 0 aliphatic carbocycles. The van der Waals surface area contributed by atoms with E-state index in [-0.39, 0.29) is 11.3 Å². The highest BCUT2D eigenvalue weighted by Gasteiger charge is 2.19. The molecule has 0 aliphatic rings. The zero-order chi connectivity index (χ0) is 17.7. The van der Waals surface area contributed by atoms with Gasteiger partial charge in [-0.1, -0.05) is 23.7 Å². The van der Waals surface area contributed by atoms with E-state index >= 15 is 0 Å². The molecule has 0 fully saturated rings. The number of para-hydroxylation sites is 2. The molecule has 1 atom stereocenters. The van der Waals surface area contributed by atoms with Crippen LogP contribution >= 0.6 is 11.6 Å². The van der Waals surface area contributed by atoms with Gasteiger partial charge in [-0.25, -0.2) is 0 Å². The molecule has 0 saturated heterocycles. The van der Waals surface area contributed by atoms with E-state index < -0.39 is 17.9 Å². The molecule has 2 aromatic rings. The number of anilines is 1. The molecule has 0 aromatic heterocycles. The molecule has 0 aliphatic heterocycles. The summed E-state index contributed by atoms with van der Waals surface area (Å²) in [6, 6.07) is 11.4. The minimum Gasteiger partial charge on any atom is -0.495 e. The third-order valence-electron chi connectivity index (χ3n) is 3.24. The van der Waals surface area contributed by atoms with Crippen molar-refractivity contribution >= 4 is 29.1 Å². The summed E-state index contributed by atoms with van der Waals surface area (Å²) < 4.78 is 10.7. The van der Waals surface area contributed by atoms with Crippen molar-refractivity contribution in [2.45, 2.75) is 13.0 Å². The Morgan fingerprint density at radius 1 is 1.17 bits per heavy atom. The monoisotopic (exact) mass is 348 g/mol. The Balaban J connectivity index is 2.14. The highest BCUT2D eigenvalue weighted by atomic mass is 35.5. The molecule has 0 bridgehead atoms. The maximum atomic E-state index is 12.3. The van der Waals surface area contributed by atoms with Crippen molar-refractivity contribution in [3.8, 4) is 11.5 Å². The number of benzene rings is 2. The van der Waals surface area contributed by atoms with Crippen molar-refractivity contribution in [3.63, 3.8) is 0 Å². The average molecular weight is 349 g/mol. The molecule has 0 unspecified atom stereocenters. The Morgan fingerprint density at radius 3 is 2.54 bits per heavy atom. The second-order valence-corrected chi connectivity index (χ2v) is 5.39. The second-order valence-electron chi connectivity index (χ2n) is 4.95. The number of carbonyl (C=O) groups excluding carboxylic acids is 2. The lowest BCUT2D eigenvalue weighted by Crippen LogP contribution is -2.31. The van der Waals surface area contributed by atoms with Crippen molar-refractivity contribution < 1.29 is 19.1 Å². The molecule has 2 aromatic carbocycles. The number of hydrogen-bond acceptors (Lipinski definition) is 4. The molecule has 3 N–H and O–H groups in total. The van der Waals surface area contributed by atoms with Crippen LogP contribution in [0.15, 0.2) is 42.5 Å². The predicted molar refractivity (Wildman–Crippen MR) is 91.7 cm³/mol. The van der Waals surface area contributed by atoms with Crippen molar-refractivity contribution in [1.29, 1.82) is 0 Å². The van der Waals surface area contributed by atoms with Gasteiger partial charge in [0.1, 0.15) is 11.5 Å². The molecular weight excluding hydrogens is 332 g/mol. The van der Waals surface area contributed by atoms with Crippen molar-refractivity contribution in [1.82, 2.24) is 0 Å². The first kappa shape index (κ1) is 17.6. The van der Waals surface area contributed by atoms with Gasteiger partial charge in [0.15, 0.2) is 6.10 Å². The summed E-state index contributed by atoms with van der Waals surface area (Å²) in [6.07, 6.45) is -0.866. The lowest BCUT2D eigenvalue weighted by atomic mass is 10.2. The third-order valence-corrected chi connectivity index (χ3v) is 3.48. The maximum Gasteiger partial charge on any atom is 0.265 e. The zero-order valence-electron chi connectivity index (χ0n) is 13.2. The number of primary amides is 1. The van der Waals surface area contributed by atoms with Gasteiger partial charge < -0.3 is 20.5 Å². The van der Waals surface area contributed by atoms with Crippen LogP contribution in [0.3, 0.4) is 0 Å². The fourth-order valence-corrected chi connectivity index (χ4v) is 2.20. The van der Waals surface area contributed by atoms with Crippen LogP contribution in [0.1, 0.15) is 17.3 Å². The molecule has 0 radical (unpaired) electrons. The van der Waals surface area contributed by atoms with Crippen LogP contribution < -0.4 is 20.5 Å². The van der Waals surface area contributed by atoms with E-state index in [1.807, 2.05) is 0 Å². The lowest BCUT2D eigenvalue weighted by molar-refractivity contribution is -0.122. The first-order valence-electron chi connectivity index (χ1n) is 7.12. The van der Waals surface area contributed by atoms with Crippen LogP contribution in [0.5, 0.6) is 11.5 Å². The smallest absolute Gasteiger partial charge is 0.265 e. The quantitative estimate of drug-likeness (QED) is 0.839. The van der Waals surface area contributed by atoms with E-state index in [2.05, 4.69) is 5.32 Å². The largest absolute Gasteiger partial charge is 0.495 e. The van der Waals surface area contributed by atoms with E-state index in [9.17, 15) is 9.59 Å². The van der Waals surface area contributed by atoms with E-state index in [1.165, 1.54) is 19.2 Å². The van der Waals surface area contributed by atoms with E-state index in [1.54, 1.807) is 37.3 Å². The molecule has 24 heavy (non-hydrogen) atoms. The SMILES string of the molecule is COc1ccccc1NC(=O)[C@@H](C)Oc1ccc(Cl)cc1C(N)=O. The number of rotatable bonds is 6. The van der Waals surface area contributed by atoms with E-state index in [0.717, 1.165) is 0 Å². The standard InChI is InChI=1S/C17H17ClN2O4/c1-10(17(22)20-13-5-3-4-6-15(13)23-2)24-14-8-7-11(18)9-12(14)16(19)21/h3-10H,1-2H3,(H2,19,21)(H,20,22)/t10-/m1/s1. The number of carbonyl (C=O) groups is 2. The Bertz CT molecular complexity index is 764. The Hall–Kier alpha value is -2.73. The molecule has 0 heterocycles. The molecule has 7 heteroatoms. The number of halogens is 1. The van der Waals surface area contributed by atoms with Gasteiger partial charge in [-0.15, -0.1) is 0 Å². The predicted octanol–water partition coefficient (Wildman–Crippen LogP) is 2.85. The summed E-state index contributed by atoms with van der Waals surface area (Å²) in [5, 5.41) is 3.06. The Kier molecular flexibility index (Phi) is 5.65. The van der Waals surface area contributed by atoms with Crippen LogP contribution in [0.25, 0.3) is 0 Å². The van der Waals surface area contributed by atoms with Crippen LogP contribution in [0, 0.1) is 0 Å². The minimum atomic E-state index is -0.866. The van der Waals surface area contributed by atoms with Crippen molar-refractivity contribution in [3.05, 3.63) is 53.1 Å². The Morgan fingerprint density at radius 2 is 1.88 bits per heavy atom. The highest BCUT2D eigenvalue weighted by Crippen LogP contribution is 2.25. The molecule has 2 amide bonds. The van der Waals surface area contributed by atoms with Gasteiger partial charge in [-0.3, -0.25) is 9.59 Å². The van der Waals surface area contributed by atoms with Gasteiger partial charge in [-0.05, 0) is 37.3 Å². The van der Waals surface area contributed by atoms with Crippen LogP contribution in [-0.4, -0.2) is 25.0 Å². The number of hydrogen-bond donors (Lipinski definition) is 2.